The van der Waals surface area contributed by atoms with Gasteiger partial charge in [-0.2, -0.15) is 0 Å². The Morgan fingerprint density at radius 2 is 1.59 bits per heavy atom. The van der Waals surface area contributed by atoms with E-state index in [1.165, 1.54) is 36.4 Å². The molecule has 0 saturated heterocycles. The lowest BCUT2D eigenvalue weighted by Gasteiger charge is -2.09. The number of hydrogen-bond acceptors (Lipinski definition) is 5. The van der Waals surface area contributed by atoms with Crippen molar-refractivity contribution in [2.45, 2.75) is 25.7 Å². The van der Waals surface area contributed by atoms with Crippen LogP contribution < -0.4 is 5.32 Å². The second-order valence-corrected chi connectivity index (χ2v) is 8.68. The van der Waals surface area contributed by atoms with Crippen LogP contribution in [0.25, 0.3) is 0 Å². The zero-order valence-corrected chi connectivity index (χ0v) is 16.4. The molecule has 0 bridgehead atoms. The summed E-state index contributed by atoms with van der Waals surface area (Å²) in [7, 11) is -3.72. The molecule has 0 spiro atoms. The molecule has 0 aliphatic rings. The summed E-state index contributed by atoms with van der Waals surface area (Å²) < 4.78 is 29.7. The second kappa shape index (κ2) is 8.81. The van der Waals surface area contributed by atoms with Crippen molar-refractivity contribution in [1.82, 2.24) is 0 Å². The van der Waals surface area contributed by atoms with Gasteiger partial charge < -0.3 is 10.1 Å². The molecule has 144 valence electrons. The number of carbonyl (C=O) groups is 2. The van der Waals surface area contributed by atoms with Crippen LogP contribution in [0.3, 0.4) is 0 Å². The lowest BCUT2D eigenvalue weighted by molar-refractivity contribution is -0.113. The van der Waals surface area contributed by atoms with Gasteiger partial charge in [0, 0.05) is 5.69 Å². The maximum atomic E-state index is 12.3. The number of carbonyl (C=O) groups excluding carboxylic acids is 2. The predicted molar refractivity (Wildman–Crippen MR) is 103 cm³/mol. The molecule has 0 atom stereocenters. The third-order valence-corrected chi connectivity index (χ3v) is 5.29. The molecule has 0 aliphatic heterocycles. The molecular weight excluding hydrogens is 366 g/mol. The van der Waals surface area contributed by atoms with Gasteiger partial charge >= 0.3 is 5.97 Å². The number of aryl methyl sites for hydroxylation is 1. The molecule has 0 saturated carbocycles. The third kappa shape index (κ3) is 6.21. The Morgan fingerprint density at radius 1 is 1.00 bits per heavy atom. The van der Waals surface area contributed by atoms with Gasteiger partial charge in [-0.3, -0.25) is 4.79 Å². The molecule has 0 fully saturated rings. The molecule has 0 heterocycles. The quantitative estimate of drug-likeness (QED) is 0.735. The van der Waals surface area contributed by atoms with Crippen molar-refractivity contribution in [3.05, 3.63) is 59.7 Å². The van der Waals surface area contributed by atoms with Crippen molar-refractivity contribution in [3.8, 4) is 0 Å². The Balaban J connectivity index is 1.97. The minimum Gasteiger partial charge on any atom is -0.462 e. The first kappa shape index (κ1) is 20.6. The van der Waals surface area contributed by atoms with Crippen LogP contribution in [0.5, 0.6) is 0 Å². The van der Waals surface area contributed by atoms with Crippen LogP contribution in [0, 0.1) is 12.8 Å². The molecule has 2 rings (SSSR count). The summed E-state index contributed by atoms with van der Waals surface area (Å²) in [6, 6.07) is 12.4. The largest absolute Gasteiger partial charge is 0.462 e. The number of benzene rings is 2. The number of hydrogen-bond donors (Lipinski definition) is 1. The SMILES string of the molecule is Cc1ccc(S(=O)(=O)CC(=O)Nc2ccc(C(=O)OCC(C)C)cc2)cc1. The van der Waals surface area contributed by atoms with Gasteiger partial charge in [0.2, 0.25) is 5.91 Å². The molecule has 2 aromatic carbocycles. The lowest BCUT2D eigenvalue weighted by atomic mass is 10.2. The molecule has 2 aromatic rings. The first-order valence-electron chi connectivity index (χ1n) is 8.54. The maximum Gasteiger partial charge on any atom is 0.338 e. The summed E-state index contributed by atoms with van der Waals surface area (Å²) in [6.45, 7) is 6.06. The van der Waals surface area contributed by atoms with Crippen LogP contribution in [0.4, 0.5) is 5.69 Å². The van der Waals surface area contributed by atoms with E-state index in [2.05, 4.69) is 5.32 Å². The fraction of sp³-hybridized carbons (Fsp3) is 0.300. The van der Waals surface area contributed by atoms with E-state index >= 15 is 0 Å². The Morgan fingerprint density at radius 3 is 2.15 bits per heavy atom. The third-order valence-electron chi connectivity index (χ3n) is 3.65. The minimum absolute atomic E-state index is 0.103. The first-order chi connectivity index (χ1) is 12.7. The van der Waals surface area contributed by atoms with Crippen LogP contribution in [-0.2, 0) is 19.4 Å². The highest BCUT2D eigenvalue weighted by atomic mass is 32.2. The van der Waals surface area contributed by atoms with Gasteiger partial charge in [-0.15, -0.1) is 0 Å². The summed E-state index contributed by atoms with van der Waals surface area (Å²) in [5.41, 5.74) is 1.70. The molecule has 0 unspecified atom stereocenters. The van der Waals surface area contributed by atoms with Crippen LogP contribution in [0.1, 0.15) is 29.8 Å². The number of amides is 1. The molecular formula is C20H23NO5S. The Labute approximate surface area is 159 Å². The molecule has 0 radical (unpaired) electrons. The number of esters is 1. The highest BCUT2D eigenvalue weighted by Crippen LogP contribution is 2.14. The maximum absolute atomic E-state index is 12.3. The standard InChI is InChI=1S/C20H23NO5S/c1-14(2)12-26-20(23)16-6-8-17(9-7-16)21-19(22)13-27(24,25)18-10-4-15(3)5-11-18/h4-11,14H,12-13H2,1-3H3,(H,21,22). The van der Waals surface area contributed by atoms with Gasteiger partial charge in [0.25, 0.3) is 0 Å². The normalized spacial score (nSPS) is 11.3. The smallest absolute Gasteiger partial charge is 0.338 e. The van der Waals surface area contributed by atoms with Crippen molar-refractivity contribution in [2.24, 2.45) is 5.92 Å². The van der Waals surface area contributed by atoms with Gasteiger partial charge in [-0.25, -0.2) is 13.2 Å². The molecule has 0 aliphatic carbocycles. The fourth-order valence-electron chi connectivity index (χ4n) is 2.21. The number of sulfone groups is 1. The van der Waals surface area contributed by atoms with Gasteiger partial charge in [-0.05, 0) is 49.2 Å². The summed E-state index contributed by atoms with van der Waals surface area (Å²) in [4.78, 5) is 24.0. The summed E-state index contributed by atoms with van der Waals surface area (Å²) in [5, 5.41) is 2.53. The molecule has 1 N–H and O–H groups in total. The molecule has 6 nitrogen and oxygen atoms in total. The van der Waals surface area contributed by atoms with E-state index < -0.39 is 27.5 Å². The summed E-state index contributed by atoms with van der Waals surface area (Å²) in [6.07, 6.45) is 0. The van der Waals surface area contributed by atoms with Crippen molar-refractivity contribution < 1.29 is 22.7 Å². The summed E-state index contributed by atoms with van der Waals surface area (Å²) in [5.74, 6) is -1.51. The zero-order valence-electron chi connectivity index (χ0n) is 15.6. The highest BCUT2D eigenvalue weighted by molar-refractivity contribution is 7.92. The van der Waals surface area contributed by atoms with E-state index in [0.29, 0.717) is 17.9 Å². The average molecular weight is 389 g/mol. The zero-order chi connectivity index (χ0) is 20.0. The molecule has 0 aromatic heterocycles. The van der Waals surface area contributed by atoms with Crippen molar-refractivity contribution in [1.29, 1.82) is 0 Å². The van der Waals surface area contributed by atoms with E-state index in [4.69, 9.17) is 4.74 Å². The van der Waals surface area contributed by atoms with Gasteiger partial charge in [-0.1, -0.05) is 31.5 Å². The summed E-state index contributed by atoms with van der Waals surface area (Å²) >= 11 is 0. The van der Waals surface area contributed by atoms with Gasteiger partial charge in [0.15, 0.2) is 9.84 Å². The van der Waals surface area contributed by atoms with E-state index in [1.54, 1.807) is 12.1 Å². The highest BCUT2D eigenvalue weighted by Gasteiger charge is 2.19. The number of ether oxygens (including phenoxy) is 1. The van der Waals surface area contributed by atoms with Crippen LogP contribution >= 0.6 is 0 Å². The van der Waals surface area contributed by atoms with Gasteiger partial charge in [0.05, 0.1) is 17.1 Å². The van der Waals surface area contributed by atoms with Crippen molar-refractivity contribution >= 4 is 27.4 Å². The topological polar surface area (TPSA) is 89.5 Å². The Kier molecular flexibility index (Phi) is 6.74. The Hall–Kier alpha value is -2.67. The minimum atomic E-state index is -3.72. The number of rotatable bonds is 7. The average Bonchev–Trinajstić information content (AvgIpc) is 2.60. The van der Waals surface area contributed by atoms with Crippen LogP contribution in [-0.4, -0.2) is 32.7 Å². The fourth-order valence-corrected chi connectivity index (χ4v) is 3.35. The van der Waals surface area contributed by atoms with Crippen LogP contribution in [0.2, 0.25) is 0 Å². The molecule has 7 heteroatoms. The van der Waals surface area contributed by atoms with Crippen LogP contribution in [0.15, 0.2) is 53.4 Å². The van der Waals surface area contributed by atoms with E-state index in [1.807, 2.05) is 20.8 Å². The second-order valence-electron chi connectivity index (χ2n) is 6.69. The van der Waals surface area contributed by atoms with E-state index in [0.717, 1.165) is 5.56 Å². The predicted octanol–water partition coefficient (Wildman–Crippen LogP) is 3.22. The van der Waals surface area contributed by atoms with E-state index in [9.17, 15) is 18.0 Å². The number of anilines is 1. The number of nitrogens with one attached hydrogen (secondary N) is 1. The lowest BCUT2D eigenvalue weighted by Crippen LogP contribution is -2.23. The Bertz CT molecular complexity index is 900. The molecule has 27 heavy (non-hydrogen) atoms. The van der Waals surface area contributed by atoms with Gasteiger partial charge in [0.1, 0.15) is 5.75 Å². The monoisotopic (exact) mass is 389 g/mol. The first-order valence-corrected chi connectivity index (χ1v) is 10.2. The molecule has 1 amide bonds. The van der Waals surface area contributed by atoms with E-state index in [-0.39, 0.29) is 10.8 Å². The van der Waals surface area contributed by atoms with Crippen molar-refractivity contribution in [2.75, 3.05) is 17.7 Å². The van der Waals surface area contributed by atoms with Crippen molar-refractivity contribution in [3.63, 3.8) is 0 Å².